The fourth-order valence-corrected chi connectivity index (χ4v) is 2.20. The van der Waals surface area contributed by atoms with Gasteiger partial charge in [-0.15, -0.1) is 0 Å². The van der Waals surface area contributed by atoms with Gasteiger partial charge >= 0.3 is 0 Å². The number of carbonyl (C=O) groups excluding carboxylic acids is 1. The third kappa shape index (κ3) is 2.99. The van der Waals surface area contributed by atoms with Crippen LogP contribution in [-0.2, 0) is 6.54 Å². The smallest absolute Gasteiger partial charge is 0.257 e. The maximum atomic E-state index is 12.2. The van der Waals surface area contributed by atoms with Crippen LogP contribution in [0.15, 0.2) is 18.5 Å². The molecule has 2 aromatic rings. The van der Waals surface area contributed by atoms with E-state index in [0.717, 1.165) is 30.0 Å². The molecular weight excluding hydrogens is 276 g/mol. The van der Waals surface area contributed by atoms with E-state index in [2.05, 4.69) is 22.3 Å². The predicted molar refractivity (Wildman–Crippen MR) is 79.2 cm³/mol. The second kappa shape index (κ2) is 6.05. The molecule has 1 N–H and O–H groups in total. The molecule has 0 radical (unpaired) electrons. The van der Waals surface area contributed by atoms with Crippen LogP contribution < -0.4 is 5.32 Å². The van der Waals surface area contributed by atoms with Crippen molar-refractivity contribution in [2.45, 2.75) is 33.7 Å². The lowest BCUT2D eigenvalue weighted by molar-refractivity contribution is 0.102. The highest BCUT2D eigenvalue weighted by Crippen LogP contribution is 2.21. The largest absolute Gasteiger partial charge is 0.319 e. The van der Waals surface area contributed by atoms with Crippen LogP contribution in [0.2, 0.25) is 5.02 Å². The number of nitrogens with one attached hydrogen (secondary N) is 1. The van der Waals surface area contributed by atoms with Gasteiger partial charge in [-0.2, -0.15) is 5.10 Å². The van der Waals surface area contributed by atoms with Gasteiger partial charge in [0.1, 0.15) is 0 Å². The Labute approximate surface area is 123 Å². The molecular formula is C14H17ClN4O. The molecule has 0 aromatic carbocycles. The molecule has 0 bridgehead atoms. The number of nitrogens with zero attached hydrogens (tertiary/aromatic N) is 3. The minimum atomic E-state index is -0.234. The van der Waals surface area contributed by atoms with Crippen LogP contribution in [0.25, 0.3) is 0 Å². The van der Waals surface area contributed by atoms with Gasteiger partial charge in [-0.1, -0.05) is 18.5 Å². The van der Waals surface area contributed by atoms with Gasteiger partial charge in [0.05, 0.1) is 27.7 Å². The number of hydrogen-bond donors (Lipinski definition) is 1. The summed E-state index contributed by atoms with van der Waals surface area (Å²) < 4.78 is 1.90. The number of aryl methyl sites for hydroxylation is 2. The third-order valence-electron chi connectivity index (χ3n) is 3.02. The molecule has 2 rings (SSSR count). The van der Waals surface area contributed by atoms with Crippen molar-refractivity contribution in [1.82, 2.24) is 14.8 Å². The van der Waals surface area contributed by atoms with Gasteiger partial charge < -0.3 is 5.32 Å². The fourth-order valence-electron chi connectivity index (χ4n) is 2.03. The quantitative estimate of drug-likeness (QED) is 0.941. The Kier molecular flexibility index (Phi) is 4.39. The van der Waals surface area contributed by atoms with Crippen LogP contribution in [0.1, 0.15) is 35.1 Å². The first kappa shape index (κ1) is 14.5. The van der Waals surface area contributed by atoms with E-state index in [4.69, 9.17) is 11.6 Å². The van der Waals surface area contributed by atoms with E-state index in [9.17, 15) is 4.79 Å². The van der Waals surface area contributed by atoms with Gasteiger partial charge in [0, 0.05) is 18.9 Å². The molecule has 0 atom stereocenters. The Hall–Kier alpha value is -1.88. The number of carbonyl (C=O) groups is 1. The molecule has 6 heteroatoms. The number of rotatable bonds is 4. The highest BCUT2D eigenvalue weighted by atomic mass is 35.5. The number of pyridine rings is 1. The van der Waals surface area contributed by atoms with E-state index in [1.54, 1.807) is 6.07 Å². The van der Waals surface area contributed by atoms with E-state index < -0.39 is 0 Å². The molecule has 0 fully saturated rings. The zero-order valence-corrected chi connectivity index (χ0v) is 12.5. The lowest BCUT2D eigenvalue weighted by Crippen LogP contribution is -2.13. The van der Waals surface area contributed by atoms with Crippen molar-refractivity contribution in [2.75, 3.05) is 5.32 Å². The van der Waals surface area contributed by atoms with Gasteiger partial charge in [-0.3, -0.25) is 14.5 Å². The molecule has 0 saturated carbocycles. The molecule has 0 aliphatic rings. The predicted octanol–water partition coefficient (Wildman–Crippen LogP) is 3.21. The van der Waals surface area contributed by atoms with Crippen LogP contribution in [-0.4, -0.2) is 20.7 Å². The van der Waals surface area contributed by atoms with Crippen molar-refractivity contribution in [2.24, 2.45) is 0 Å². The lowest BCUT2D eigenvalue weighted by atomic mass is 10.2. The second-order valence-electron chi connectivity index (χ2n) is 4.61. The van der Waals surface area contributed by atoms with E-state index in [-0.39, 0.29) is 5.91 Å². The zero-order valence-electron chi connectivity index (χ0n) is 11.8. The average Bonchev–Trinajstić information content (AvgIpc) is 2.67. The SMILES string of the molecule is CCCn1nc(C)c(NC(=O)c2cncc(Cl)c2)c1C. The molecule has 0 unspecified atom stereocenters. The molecule has 5 nitrogen and oxygen atoms in total. The summed E-state index contributed by atoms with van der Waals surface area (Å²) in [5, 5.41) is 7.74. The summed E-state index contributed by atoms with van der Waals surface area (Å²) in [5.74, 6) is -0.234. The highest BCUT2D eigenvalue weighted by molar-refractivity contribution is 6.30. The van der Waals surface area contributed by atoms with Crippen molar-refractivity contribution in [3.05, 3.63) is 40.4 Å². The van der Waals surface area contributed by atoms with Crippen LogP contribution in [0.3, 0.4) is 0 Å². The summed E-state index contributed by atoms with van der Waals surface area (Å²) >= 11 is 5.84. The monoisotopic (exact) mass is 292 g/mol. The standard InChI is InChI=1S/C14H17ClN4O/c1-4-5-19-10(3)13(9(2)18-19)17-14(20)11-6-12(15)8-16-7-11/h6-8H,4-5H2,1-3H3,(H,17,20). The number of halogens is 1. The molecule has 106 valence electrons. The van der Waals surface area contributed by atoms with Gasteiger partial charge in [0.15, 0.2) is 0 Å². The molecule has 20 heavy (non-hydrogen) atoms. The summed E-state index contributed by atoms with van der Waals surface area (Å²) in [4.78, 5) is 16.1. The molecule has 1 amide bonds. The van der Waals surface area contributed by atoms with Crippen molar-refractivity contribution in [1.29, 1.82) is 0 Å². The number of amides is 1. The Bertz CT molecular complexity index is 636. The van der Waals surface area contributed by atoms with Gasteiger partial charge in [-0.25, -0.2) is 0 Å². The van der Waals surface area contributed by atoms with Crippen molar-refractivity contribution >= 4 is 23.2 Å². The average molecular weight is 293 g/mol. The Balaban J connectivity index is 2.24. The number of anilines is 1. The topological polar surface area (TPSA) is 59.8 Å². The first-order valence-electron chi connectivity index (χ1n) is 6.48. The molecule has 2 aromatic heterocycles. The molecule has 0 spiro atoms. The number of hydrogen-bond acceptors (Lipinski definition) is 3. The van der Waals surface area contributed by atoms with Crippen LogP contribution in [0.4, 0.5) is 5.69 Å². The van der Waals surface area contributed by atoms with Crippen molar-refractivity contribution in [3.8, 4) is 0 Å². The summed E-state index contributed by atoms with van der Waals surface area (Å²) in [5.41, 5.74) is 2.94. The second-order valence-corrected chi connectivity index (χ2v) is 5.05. The normalized spacial score (nSPS) is 10.6. The Morgan fingerprint density at radius 1 is 1.40 bits per heavy atom. The fraction of sp³-hybridized carbons (Fsp3) is 0.357. The molecule has 0 aliphatic carbocycles. The minimum Gasteiger partial charge on any atom is -0.319 e. The van der Waals surface area contributed by atoms with Gasteiger partial charge in [0.2, 0.25) is 0 Å². The van der Waals surface area contributed by atoms with Crippen LogP contribution in [0, 0.1) is 13.8 Å². The highest BCUT2D eigenvalue weighted by Gasteiger charge is 2.15. The minimum absolute atomic E-state index is 0.234. The van der Waals surface area contributed by atoms with Crippen LogP contribution >= 0.6 is 11.6 Å². The van der Waals surface area contributed by atoms with Crippen molar-refractivity contribution in [3.63, 3.8) is 0 Å². The number of aromatic nitrogens is 3. The summed E-state index contributed by atoms with van der Waals surface area (Å²) in [6.45, 7) is 6.75. The summed E-state index contributed by atoms with van der Waals surface area (Å²) in [6, 6.07) is 1.59. The van der Waals surface area contributed by atoms with Gasteiger partial charge in [0.25, 0.3) is 5.91 Å². The lowest BCUT2D eigenvalue weighted by Gasteiger charge is -2.06. The summed E-state index contributed by atoms with van der Waals surface area (Å²) in [6.07, 6.45) is 3.98. The van der Waals surface area contributed by atoms with E-state index in [0.29, 0.717) is 10.6 Å². The first-order chi connectivity index (χ1) is 9.52. The molecule has 0 saturated heterocycles. The third-order valence-corrected chi connectivity index (χ3v) is 3.23. The Morgan fingerprint density at radius 3 is 2.80 bits per heavy atom. The van der Waals surface area contributed by atoms with Gasteiger partial charge in [-0.05, 0) is 26.3 Å². The maximum Gasteiger partial charge on any atom is 0.257 e. The Morgan fingerprint density at radius 2 is 2.15 bits per heavy atom. The molecule has 2 heterocycles. The zero-order chi connectivity index (χ0) is 14.7. The molecule has 0 aliphatic heterocycles. The van der Waals surface area contributed by atoms with E-state index >= 15 is 0 Å². The first-order valence-corrected chi connectivity index (χ1v) is 6.86. The van der Waals surface area contributed by atoms with E-state index in [1.165, 1.54) is 12.4 Å². The maximum absolute atomic E-state index is 12.2. The van der Waals surface area contributed by atoms with E-state index in [1.807, 2.05) is 18.5 Å². The van der Waals surface area contributed by atoms with Crippen LogP contribution in [0.5, 0.6) is 0 Å². The summed E-state index contributed by atoms with van der Waals surface area (Å²) in [7, 11) is 0. The van der Waals surface area contributed by atoms with Crippen molar-refractivity contribution < 1.29 is 4.79 Å².